The molecule has 2 unspecified atom stereocenters. The van der Waals surface area contributed by atoms with Crippen LogP contribution >= 0.6 is 0 Å². The maximum absolute atomic E-state index is 3.63. The van der Waals surface area contributed by atoms with Crippen molar-refractivity contribution in [3.63, 3.8) is 0 Å². The van der Waals surface area contributed by atoms with E-state index in [0.29, 0.717) is 6.04 Å². The van der Waals surface area contributed by atoms with Gasteiger partial charge in [-0.3, -0.25) is 0 Å². The molecule has 16 heavy (non-hydrogen) atoms. The summed E-state index contributed by atoms with van der Waals surface area (Å²) in [6.45, 7) is 1.13. The minimum atomic E-state index is 0.435. The van der Waals surface area contributed by atoms with Gasteiger partial charge in [0, 0.05) is 0 Å². The van der Waals surface area contributed by atoms with Crippen LogP contribution in [-0.2, 0) is 0 Å². The Morgan fingerprint density at radius 1 is 1.12 bits per heavy atom. The van der Waals surface area contributed by atoms with Crippen molar-refractivity contribution in [2.45, 2.75) is 18.9 Å². The number of hydrogen-bond acceptors (Lipinski definition) is 1. The van der Waals surface area contributed by atoms with Crippen LogP contribution in [0.15, 0.2) is 54.1 Å². The van der Waals surface area contributed by atoms with Crippen LogP contribution in [0.5, 0.6) is 0 Å². The third-order valence-electron chi connectivity index (χ3n) is 3.62. The minimum Gasteiger partial charge on any atom is -0.306 e. The molecule has 0 spiro atoms. The Labute approximate surface area is 96.9 Å². The molecule has 1 aromatic carbocycles. The summed E-state index contributed by atoms with van der Waals surface area (Å²) in [6.07, 6.45) is 9.30. The van der Waals surface area contributed by atoms with Gasteiger partial charge in [-0.15, -0.1) is 0 Å². The van der Waals surface area contributed by atoms with Crippen molar-refractivity contribution in [1.29, 1.82) is 0 Å². The van der Waals surface area contributed by atoms with Gasteiger partial charge >= 0.3 is 0 Å². The Morgan fingerprint density at radius 3 is 2.88 bits per heavy atom. The molecule has 1 nitrogen and oxygen atoms in total. The van der Waals surface area contributed by atoms with Crippen LogP contribution in [0.25, 0.3) is 0 Å². The van der Waals surface area contributed by atoms with E-state index in [1.54, 1.807) is 5.57 Å². The van der Waals surface area contributed by atoms with Crippen molar-refractivity contribution in [1.82, 2.24) is 5.32 Å². The van der Waals surface area contributed by atoms with Gasteiger partial charge in [0.2, 0.25) is 0 Å². The smallest absolute Gasteiger partial charge is 0.0541 e. The molecule has 1 aliphatic carbocycles. The van der Waals surface area contributed by atoms with E-state index in [0.717, 1.165) is 12.5 Å². The molecule has 1 saturated heterocycles. The summed E-state index contributed by atoms with van der Waals surface area (Å²) in [5, 5.41) is 3.63. The normalized spacial score (nSPS) is 28.4. The molecule has 1 aromatic rings. The van der Waals surface area contributed by atoms with E-state index in [1.807, 2.05) is 0 Å². The number of hydrogen-bond donors (Lipinski definition) is 1. The van der Waals surface area contributed by atoms with Crippen molar-refractivity contribution in [3.8, 4) is 0 Å². The second-order valence-electron chi connectivity index (χ2n) is 4.61. The van der Waals surface area contributed by atoms with Gasteiger partial charge in [0.25, 0.3) is 0 Å². The van der Waals surface area contributed by atoms with Crippen LogP contribution in [0.3, 0.4) is 0 Å². The van der Waals surface area contributed by atoms with Crippen LogP contribution in [-0.4, -0.2) is 6.54 Å². The molecule has 0 amide bonds. The molecule has 1 aliphatic heterocycles. The second kappa shape index (κ2) is 4.26. The Morgan fingerprint density at radius 2 is 2.00 bits per heavy atom. The van der Waals surface area contributed by atoms with Crippen molar-refractivity contribution >= 4 is 0 Å². The number of benzene rings is 1. The summed E-state index contributed by atoms with van der Waals surface area (Å²) in [5.74, 6) is 0.761. The lowest BCUT2D eigenvalue weighted by Gasteiger charge is -2.35. The molecular formula is C15H17N. The molecule has 3 rings (SSSR count). The predicted octanol–water partition coefficient (Wildman–Crippen LogP) is 3.22. The van der Waals surface area contributed by atoms with E-state index < -0.39 is 0 Å². The fourth-order valence-electron chi connectivity index (χ4n) is 2.79. The van der Waals surface area contributed by atoms with Gasteiger partial charge in [-0.25, -0.2) is 0 Å². The Bertz CT molecular complexity index is 416. The van der Waals surface area contributed by atoms with Crippen LogP contribution in [0.4, 0.5) is 0 Å². The van der Waals surface area contributed by atoms with Crippen molar-refractivity contribution < 1.29 is 0 Å². The van der Waals surface area contributed by atoms with E-state index in [1.165, 1.54) is 18.4 Å². The first-order chi connectivity index (χ1) is 7.95. The second-order valence-corrected chi connectivity index (χ2v) is 4.61. The fourth-order valence-corrected chi connectivity index (χ4v) is 2.79. The van der Waals surface area contributed by atoms with Gasteiger partial charge in [-0.2, -0.15) is 0 Å². The molecule has 1 N–H and O–H groups in total. The first-order valence-electron chi connectivity index (χ1n) is 6.10. The van der Waals surface area contributed by atoms with Gasteiger partial charge < -0.3 is 5.32 Å². The van der Waals surface area contributed by atoms with Crippen LogP contribution in [0, 0.1) is 5.92 Å². The van der Waals surface area contributed by atoms with Gasteiger partial charge in [0.05, 0.1) is 6.04 Å². The standard InChI is InChI=1S/C15H17N/c1-2-7-13(8-3-1)15-14-9-5-4-6-12(14)10-11-16-15/h1-5,7-9,12,15-16H,6,10-11H2. The van der Waals surface area contributed by atoms with Crippen molar-refractivity contribution in [3.05, 3.63) is 59.7 Å². The van der Waals surface area contributed by atoms with Crippen molar-refractivity contribution in [2.24, 2.45) is 5.92 Å². The lowest BCUT2D eigenvalue weighted by atomic mass is 9.79. The topological polar surface area (TPSA) is 12.0 Å². The van der Waals surface area contributed by atoms with Gasteiger partial charge in [-0.05, 0) is 36.4 Å². The van der Waals surface area contributed by atoms with Crippen LogP contribution < -0.4 is 5.32 Å². The van der Waals surface area contributed by atoms with Gasteiger partial charge in [-0.1, -0.05) is 48.6 Å². The maximum Gasteiger partial charge on any atom is 0.0541 e. The molecule has 2 atom stereocenters. The maximum atomic E-state index is 3.63. The first kappa shape index (κ1) is 9.86. The molecule has 2 aliphatic rings. The number of fused-ring (bicyclic) bond motifs is 1. The Kier molecular flexibility index (Phi) is 2.63. The highest BCUT2D eigenvalue weighted by Gasteiger charge is 2.27. The molecule has 0 aromatic heterocycles. The minimum absolute atomic E-state index is 0.435. The molecule has 0 bridgehead atoms. The number of allylic oxidation sites excluding steroid dienone is 3. The summed E-state index contributed by atoms with van der Waals surface area (Å²) < 4.78 is 0. The lowest BCUT2D eigenvalue weighted by molar-refractivity contribution is 0.403. The summed E-state index contributed by atoms with van der Waals surface area (Å²) in [4.78, 5) is 0. The quantitative estimate of drug-likeness (QED) is 0.752. The average molecular weight is 211 g/mol. The summed E-state index contributed by atoms with van der Waals surface area (Å²) in [6, 6.07) is 11.2. The summed E-state index contributed by atoms with van der Waals surface area (Å²) >= 11 is 0. The Hall–Kier alpha value is -1.34. The van der Waals surface area contributed by atoms with E-state index in [9.17, 15) is 0 Å². The highest BCUT2D eigenvalue weighted by atomic mass is 14.9. The fraction of sp³-hybridized carbons (Fsp3) is 0.333. The van der Waals surface area contributed by atoms with E-state index in [4.69, 9.17) is 0 Å². The van der Waals surface area contributed by atoms with E-state index in [2.05, 4.69) is 53.9 Å². The highest BCUT2D eigenvalue weighted by Crippen LogP contribution is 2.36. The third-order valence-corrected chi connectivity index (χ3v) is 3.62. The number of nitrogens with one attached hydrogen (secondary N) is 1. The van der Waals surface area contributed by atoms with Gasteiger partial charge in [0.1, 0.15) is 0 Å². The third kappa shape index (κ3) is 1.72. The first-order valence-corrected chi connectivity index (χ1v) is 6.10. The predicted molar refractivity (Wildman–Crippen MR) is 67.1 cm³/mol. The zero-order valence-electron chi connectivity index (χ0n) is 9.39. The monoisotopic (exact) mass is 211 g/mol. The molecule has 1 heterocycles. The molecule has 0 radical (unpaired) electrons. The van der Waals surface area contributed by atoms with Crippen molar-refractivity contribution in [2.75, 3.05) is 6.54 Å². The van der Waals surface area contributed by atoms with E-state index in [-0.39, 0.29) is 0 Å². The SMILES string of the molecule is C1=CCC2CCNC(c3ccccc3)C2=C1. The summed E-state index contributed by atoms with van der Waals surface area (Å²) in [7, 11) is 0. The lowest BCUT2D eigenvalue weighted by Crippen LogP contribution is -2.34. The molecule has 1 heteroatoms. The number of rotatable bonds is 1. The zero-order valence-corrected chi connectivity index (χ0v) is 9.39. The highest BCUT2D eigenvalue weighted by molar-refractivity contribution is 5.34. The van der Waals surface area contributed by atoms with Crippen LogP contribution in [0.1, 0.15) is 24.4 Å². The largest absolute Gasteiger partial charge is 0.306 e. The Balaban J connectivity index is 1.95. The molecular weight excluding hydrogens is 194 g/mol. The average Bonchev–Trinajstić information content (AvgIpc) is 2.39. The van der Waals surface area contributed by atoms with E-state index >= 15 is 0 Å². The zero-order chi connectivity index (χ0) is 10.8. The van der Waals surface area contributed by atoms with Gasteiger partial charge in [0.15, 0.2) is 0 Å². The van der Waals surface area contributed by atoms with Crippen LogP contribution in [0.2, 0.25) is 0 Å². The molecule has 1 fully saturated rings. The molecule has 0 saturated carbocycles. The molecule has 82 valence electrons. The number of piperidine rings is 1. The summed E-state index contributed by atoms with van der Waals surface area (Å²) in [5.41, 5.74) is 2.97.